The van der Waals surface area contributed by atoms with Crippen LogP contribution in [0.2, 0.25) is 0 Å². The van der Waals surface area contributed by atoms with Crippen LogP contribution in [0, 0.1) is 0 Å². The van der Waals surface area contributed by atoms with Crippen LogP contribution in [0.15, 0.2) is 60.7 Å². The van der Waals surface area contributed by atoms with Crippen molar-refractivity contribution in [3.8, 4) is 0 Å². The third kappa shape index (κ3) is 5.79. The van der Waals surface area contributed by atoms with Crippen molar-refractivity contribution in [2.75, 3.05) is 13.3 Å². The van der Waals surface area contributed by atoms with E-state index in [0.717, 1.165) is 16.0 Å². The summed E-state index contributed by atoms with van der Waals surface area (Å²) in [6.07, 6.45) is -1.26. The van der Waals surface area contributed by atoms with Crippen molar-refractivity contribution < 1.29 is 28.9 Å². The molecule has 0 aromatic heterocycles. The molecule has 0 spiro atoms. The predicted molar refractivity (Wildman–Crippen MR) is 105 cm³/mol. The summed E-state index contributed by atoms with van der Waals surface area (Å²) < 4.78 is 16.9. The molecule has 1 saturated heterocycles. The lowest BCUT2D eigenvalue weighted by Crippen LogP contribution is -2.43. The van der Waals surface area contributed by atoms with Crippen LogP contribution >= 0.6 is 0 Å². The highest BCUT2D eigenvalue weighted by Crippen LogP contribution is 2.18. The topological polar surface area (TPSA) is 85.3 Å². The van der Waals surface area contributed by atoms with Crippen LogP contribution < -0.4 is 0 Å². The Morgan fingerprint density at radius 3 is 2.34 bits per heavy atom. The predicted octanol–water partition coefficient (Wildman–Crippen LogP) is 3.08. The van der Waals surface area contributed by atoms with Gasteiger partial charge in [-0.15, -0.1) is 0 Å². The summed E-state index contributed by atoms with van der Waals surface area (Å²) in [6, 6.07) is 18.7. The molecule has 0 bridgehead atoms. The first-order valence-corrected chi connectivity index (χ1v) is 9.52. The molecule has 154 valence electrons. The van der Waals surface area contributed by atoms with Crippen LogP contribution in [0.25, 0.3) is 0 Å². The van der Waals surface area contributed by atoms with Gasteiger partial charge in [-0.1, -0.05) is 60.7 Å². The highest BCUT2D eigenvalue weighted by molar-refractivity contribution is 5.83. The van der Waals surface area contributed by atoms with E-state index >= 15 is 0 Å². The summed E-state index contributed by atoms with van der Waals surface area (Å²) in [4.78, 5) is 24.1. The first-order chi connectivity index (χ1) is 14.0. The van der Waals surface area contributed by atoms with Gasteiger partial charge in [0.25, 0.3) is 0 Å². The minimum atomic E-state index is -1.21. The molecule has 2 unspecified atom stereocenters. The number of ether oxygens (including phenoxy) is 3. The lowest BCUT2D eigenvalue weighted by Gasteiger charge is -2.27. The first-order valence-electron chi connectivity index (χ1n) is 9.52. The summed E-state index contributed by atoms with van der Waals surface area (Å²) >= 11 is 0. The summed E-state index contributed by atoms with van der Waals surface area (Å²) in [5.74, 6) is -0.594. The fourth-order valence-corrected chi connectivity index (χ4v) is 3.12. The third-order valence-electron chi connectivity index (χ3n) is 4.87. The minimum Gasteiger partial charge on any atom is -0.465 e. The van der Waals surface area contributed by atoms with Crippen molar-refractivity contribution in [2.45, 2.75) is 38.2 Å². The van der Waals surface area contributed by atoms with E-state index in [1.807, 2.05) is 67.6 Å². The number of carboxylic acid groups (broad SMARTS) is 1. The van der Waals surface area contributed by atoms with Crippen LogP contribution in [-0.4, -0.2) is 53.7 Å². The molecule has 1 amide bonds. The van der Waals surface area contributed by atoms with Crippen molar-refractivity contribution >= 4 is 12.1 Å². The maximum atomic E-state index is 11.9. The zero-order valence-corrected chi connectivity index (χ0v) is 16.3. The molecule has 2 aromatic carbocycles. The Morgan fingerprint density at radius 1 is 1.10 bits per heavy atom. The highest BCUT2D eigenvalue weighted by atomic mass is 16.6. The zero-order valence-electron chi connectivity index (χ0n) is 16.3. The first kappa shape index (κ1) is 20.8. The number of nitrogens with zero attached hydrogens (tertiary/aromatic N) is 1. The fourth-order valence-electron chi connectivity index (χ4n) is 3.12. The Balaban J connectivity index is 1.65. The number of hydrogen-bond acceptors (Lipinski definition) is 5. The van der Waals surface area contributed by atoms with Gasteiger partial charge in [0.05, 0.1) is 25.4 Å². The van der Waals surface area contributed by atoms with Crippen molar-refractivity contribution in [1.29, 1.82) is 0 Å². The molecule has 0 aliphatic carbocycles. The summed E-state index contributed by atoms with van der Waals surface area (Å²) in [5, 5.41) is 9.23. The van der Waals surface area contributed by atoms with E-state index in [0.29, 0.717) is 13.0 Å². The van der Waals surface area contributed by atoms with Gasteiger partial charge in [-0.25, -0.2) is 9.59 Å². The Kier molecular flexibility index (Phi) is 7.21. The molecule has 1 fully saturated rings. The van der Waals surface area contributed by atoms with Gasteiger partial charge in [0.1, 0.15) is 0 Å². The molecule has 1 aliphatic rings. The molecule has 1 aliphatic heterocycles. The van der Waals surface area contributed by atoms with Crippen molar-refractivity contribution in [3.05, 3.63) is 71.8 Å². The lowest BCUT2D eigenvalue weighted by atomic mass is 10.0. The molecule has 1 heterocycles. The number of amides is 1. The Bertz CT molecular complexity index is 797. The molecule has 7 heteroatoms. The highest BCUT2D eigenvalue weighted by Gasteiger charge is 2.39. The van der Waals surface area contributed by atoms with E-state index in [2.05, 4.69) is 0 Å². The van der Waals surface area contributed by atoms with Gasteiger partial charge in [0.15, 0.2) is 12.8 Å². The average molecular weight is 399 g/mol. The Morgan fingerprint density at radius 2 is 1.72 bits per heavy atom. The number of carbonyl (C=O) groups excluding carboxylic acids is 1. The van der Waals surface area contributed by atoms with Gasteiger partial charge in [-0.3, -0.25) is 4.90 Å². The van der Waals surface area contributed by atoms with Gasteiger partial charge in [-0.05, 0) is 18.1 Å². The van der Waals surface area contributed by atoms with Gasteiger partial charge in [0, 0.05) is 6.42 Å². The number of esters is 1. The van der Waals surface area contributed by atoms with Crippen LogP contribution in [0.1, 0.15) is 18.1 Å². The SMILES string of the molecule is CC(OCc1ccccc1)[C@@H](Cc1ccccc1)OCC1C(=O)OCN1C(=O)O. The maximum Gasteiger partial charge on any atom is 0.410 e. The standard InChI is InChI=1S/C22H25NO6/c1-16(27-13-18-10-6-3-7-11-18)20(12-17-8-4-2-5-9-17)28-14-19-21(24)29-15-23(19)22(25)26/h2-11,16,19-20H,12-15H2,1H3,(H,25,26)/t16?,19?,20-/m1/s1. The normalized spacial score (nSPS) is 18.3. The van der Waals surface area contributed by atoms with Crippen LogP contribution in [-0.2, 0) is 32.0 Å². The van der Waals surface area contributed by atoms with E-state index in [-0.39, 0.29) is 25.5 Å². The maximum absolute atomic E-state index is 11.9. The molecule has 1 N–H and O–H groups in total. The number of hydrogen-bond donors (Lipinski definition) is 1. The number of benzene rings is 2. The molecular formula is C22H25NO6. The average Bonchev–Trinajstić information content (AvgIpc) is 3.11. The molecular weight excluding hydrogens is 374 g/mol. The number of carbonyl (C=O) groups is 2. The second kappa shape index (κ2) is 10.0. The van der Waals surface area contributed by atoms with Crippen molar-refractivity contribution in [2.24, 2.45) is 0 Å². The van der Waals surface area contributed by atoms with Gasteiger partial charge < -0.3 is 19.3 Å². The van der Waals surface area contributed by atoms with Crippen molar-refractivity contribution in [1.82, 2.24) is 4.90 Å². The van der Waals surface area contributed by atoms with E-state index in [1.165, 1.54) is 0 Å². The zero-order chi connectivity index (χ0) is 20.6. The number of cyclic esters (lactones) is 1. The minimum absolute atomic E-state index is 0.0817. The molecule has 7 nitrogen and oxygen atoms in total. The quantitative estimate of drug-likeness (QED) is 0.653. The van der Waals surface area contributed by atoms with Crippen molar-refractivity contribution in [3.63, 3.8) is 0 Å². The smallest absolute Gasteiger partial charge is 0.410 e. The third-order valence-corrected chi connectivity index (χ3v) is 4.87. The van der Waals surface area contributed by atoms with E-state index < -0.39 is 18.1 Å². The largest absolute Gasteiger partial charge is 0.465 e. The van der Waals surface area contributed by atoms with Crippen LogP contribution in [0.4, 0.5) is 4.79 Å². The second-order valence-electron chi connectivity index (χ2n) is 6.92. The van der Waals surface area contributed by atoms with Gasteiger partial charge in [0.2, 0.25) is 0 Å². The summed E-state index contributed by atoms with van der Waals surface area (Å²) in [5.41, 5.74) is 2.12. The fraction of sp³-hybridized carbons (Fsp3) is 0.364. The molecule has 0 radical (unpaired) electrons. The van der Waals surface area contributed by atoms with Crippen LogP contribution in [0.5, 0.6) is 0 Å². The summed E-state index contributed by atoms with van der Waals surface area (Å²) in [7, 11) is 0. The molecule has 29 heavy (non-hydrogen) atoms. The van der Waals surface area contributed by atoms with E-state index in [4.69, 9.17) is 14.2 Å². The molecule has 0 saturated carbocycles. The van der Waals surface area contributed by atoms with Gasteiger partial charge >= 0.3 is 12.1 Å². The van der Waals surface area contributed by atoms with Gasteiger partial charge in [-0.2, -0.15) is 0 Å². The molecule has 2 aromatic rings. The molecule has 3 atom stereocenters. The van der Waals surface area contributed by atoms with E-state index in [9.17, 15) is 14.7 Å². The second-order valence-corrected chi connectivity index (χ2v) is 6.92. The Hall–Kier alpha value is -2.90. The monoisotopic (exact) mass is 399 g/mol. The lowest BCUT2D eigenvalue weighted by molar-refractivity contribution is -0.141. The number of rotatable bonds is 9. The molecule has 3 rings (SSSR count). The van der Waals surface area contributed by atoms with Crippen LogP contribution in [0.3, 0.4) is 0 Å². The summed E-state index contributed by atoms with van der Waals surface area (Å²) in [6.45, 7) is 2.00. The Labute approximate surface area is 169 Å². The van der Waals surface area contributed by atoms with E-state index in [1.54, 1.807) is 0 Å².